The Hall–Kier alpha value is -1.20. The first-order valence-corrected chi connectivity index (χ1v) is 5.88. The zero-order valence-corrected chi connectivity index (χ0v) is 10.8. The van der Waals surface area contributed by atoms with Crippen LogP contribution < -0.4 is 5.32 Å². The van der Waals surface area contributed by atoms with Crippen molar-refractivity contribution in [1.82, 2.24) is 9.97 Å². The minimum atomic E-state index is 0.503. The summed E-state index contributed by atoms with van der Waals surface area (Å²) >= 11 is 0. The molecule has 17 heavy (non-hydrogen) atoms. The Morgan fingerprint density at radius 1 is 1.24 bits per heavy atom. The van der Waals surface area contributed by atoms with Gasteiger partial charge < -0.3 is 14.8 Å². The van der Waals surface area contributed by atoms with Crippen molar-refractivity contribution in [1.29, 1.82) is 0 Å². The van der Waals surface area contributed by atoms with Crippen LogP contribution in [0, 0.1) is 0 Å². The van der Waals surface area contributed by atoms with Crippen LogP contribution in [0.1, 0.15) is 24.9 Å². The summed E-state index contributed by atoms with van der Waals surface area (Å²) in [6, 6.07) is 1.93. The van der Waals surface area contributed by atoms with E-state index >= 15 is 0 Å². The quantitative estimate of drug-likeness (QED) is 0.747. The molecule has 1 rings (SSSR count). The number of hydrogen-bond acceptors (Lipinski definition) is 5. The van der Waals surface area contributed by atoms with Gasteiger partial charge in [-0.2, -0.15) is 0 Å². The molecule has 0 atom stereocenters. The highest BCUT2D eigenvalue weighted by molar-refractivity contribution is 5.35. The number of hydrogen-bond donors (Lipinski definition) is 1. The fraction of sp³-hybridized carbons (Fsp3) is 0.667. The van der Waals surface area contributed by atoms with Crippen molar-refractivity contribution in [3.05, 3.63) is 17.6 Å². The molecular weight excluding hydrogens is 218 g/mol. The highest BCUT2D eigenvalue weighted by Crippen LogP contribution is 2.08. The third-order valence-electron chi connectivity index (χ3n) is 2.20. The fourth-order valence-electron chi connectivity index (χ4n) is 1.42. The van der Waals surface area contributed by atoms with Crippen molar-refractivity contribution >= 4 is 5.82 Å². The summed E-state index contributed by atoms with van der Waals surface area (Å²) < 4.78 is 10.1. The molecule has 96 valence electrons. The lowest BCUT2D eigenvalue weighted by atomic mass is 10.3. The maximum absolute atomic E-state index is 5.10. The van der Waals surface area contributed by atoms with Crippen molar-refractivity contribution in [3.8, 4) is 0 Å². The number of ether oxygens (including phenoxy) is 2. The Balaban J connectivity index is 2.76. The normalized spacial score (nSPS) is 10.5. The summed E-state index contributed by atoms with van der Waals surface area (Å²) in [5.74, 6) is 1.65. The zero-order chi connectivity index (χ0) is 12.5. The van der Waals surface area contributed by atoms with Gasteiger partial charge in [0.2, 0.25) is 0 Å². The Labute approximate surface area is 103 Å². The first kappa shape index (κ1) is 13.9. The number of anilines is 1. The van der Waals surface area contributed by atoms with Gasteiger partial charge in [0, 0.05) is 33.3 Å². The molecule has 0 spiro atoms. The van der Waals surface area contributed by atoms with E-state index < -0.39 is 0 Å². The van der Waals surface area contributed by atoms with Crippen molar-refractivity contribution in [3.63, 3.8) is 0 Å². The zero-order valence-electron chi connectivity index (χ0n) is 10.8. The lowest BCUT2D eigenvalue weighted by molar-refractivity contribution is 0.180. The van der Waals surface area contributed by atoms with Crippen LogP contribution in [0.4, 0.5) is 5.82 Å². The van der Waals surface area contributed by atoms with E-state index in [2.05, 4.69) is 22.2 Å². The van der Waals surface area contributed by atoms with Gasteiger partial charge in [-0.25, -0.2) is 9.97 Å². The smallest absolute Gasteiger partial charge is 0.133 e. The minimum absolute atomic E-state index is 0.503. The molecule has 1 aromatic rings. The van der Waals surface area contributed by atoms with Crippen LogP contribution in [0.15, 0.2) is 6.07 Å². The summed E-state index contributed by atoms with van der Waals surface area (Å²) in [6.45, 7) is 4.16. The van der Waals surface area contributed by atoms with Crippen LogP contribution in [-0.2, 0) is 22.5 Å². The van der Waals surface area contributed by atoms with E-state index in [9.17, 15) is 0 Å². The second-order valence-corrected chi connectivity index (χ2v) is 3.76. The summed E-state index contributed by atoms with van der Waals surface area (Å²) in [4.78, 5) is 8.85. The van der Waals surface area contributed by atoms with Crippen molar-refractivity contribution < 1.29 is 9.47 Å². The van der Waals surface area contributed by atoms with Gasteiger partial charge in [0.15, 0.2) is 0 Å². The van der Waals surface area contributed by atoms with Crippen LogP contribution in [0.3, 0.4) is 0 Å². The molecule has 0 aromatic carbocycles. The second kappa shape index (κ2) is 7.97. The predicted octanol–water partition coefficient (Wildman–Crippen LogP) is 1.63. The Bertz CT molecular complexity index is 305. The topological polar surface area (TPSA) is 56.3 Å². The lowest BCUT2D eigenvalue weighted by Gasteiger charge is -2.09. The molecule has 0 aliphatic carbocycles. The molecule has 0 radical (unpaired) electrons. The number of aromatic nitrogens is 2. The standard InChI is InChI=1S/C12H21N3O2/c1-4-6-13-12-8-10(9-17-3)14-11(15-12)5-7-16-2/h8H,4-7,9H2,1-3H3,(H,13,14,15). The average molecular weight is 239 g/mol. The van der Waals surface area contributed by atoms with Crippen LogP contribution in [0.25, 0.3) is 0 Å². The molecule has 1 aromatic heterocycles. The van der Waals surface area contributed by atoms with Gasteiger partial charge >= 0.3 is 0 Å². The molecule has 1 heterocycles. The van der Waals surface area contributed by atoms with Gasteiger partial charge in [0.1, 0.15) is 11.6 Å². The van der Waals surface area contributed by atoms with Crippen molar-refractivity contribution in [2.75, 3.05) is 32.7 Å². The first-order valence-electron chi connectivity index (χ1n) is 5.88. The fourth-order valence-corrected chi connectivity index (χ4v) is 1.42. The van der Waals surface area contributed by atoms with Gasteiger partial charge in [0.05, 0.1) is 18.9 Å². The van der Waals surface area contributed by atoms with Crippen LogP contribution in [0.2, 0.25) is 0 Å². The van der Waals surface area contributed by atoms with Gasteiger partial charge in [-0.1, -0.05) is 6.92 Å². The molecule has 0 bridgehead atoms. The van der Waals surface area contributed by atoms with E-state index in [0.29, 0.717) is 13.2 Å². The lowest BCUT2D eigenvalue weighted by Crippen LogP contribution is -2.09. The number of methoxy groups -OCH3 is 2. The third-order valence-corrected chi connectivity index (χ3v) is 2.20. The van der Waals surface area contributed by atoms with Crippen LogP contribution in [0.5, 0.6) is 0 Å². The molecule has 0 amide bonds. The minimum Gasteiger partial charge on any atom is -0.384 e. The summed E-state index contributed by atoms with van der Waals surface area (Å²) in [5, 5.41) is 3.26. The molecule has 0 fully saturated rings. The van der Waals surface area contributed by atoms with Gasteiger partial charge in [0.25, 0.3) is 0 Å². The SMILES string of the molecule is CCCNc1cc(COC)nc(CCOC)n1. The van der Waals surface area contributed by atoms with Crippen molar-refractivity contribution in [2.45, 2.75) is 26.4 Å². The van der Waals surface area contributed by atoms with E-state index in [1.807, 2.05) is 6.07 Å². The summed E-state index contributed by atoms with van der Waals surface area (Å²) in [7, 11) is 3.34. The largest absolute Gasteiger partial charge is 0.384 e. The van der Waals surface area contributed by atoms with E-state index in [0.717, 1.165) is 36.7 Å². The van der Waals surface area contributed by atoms with Crippen LogP contribution in [-0.4, -0.2) is 37.3 Å². The van der Waals surface area contributed by atoms with E-state index in [4.69, 9.17) is 9.47 Å². The Morgan fingerprint density at radius 2 is 2.06 bits per heavy atom. The third kappa shape index (κ3) is 5.10. The highest BCUT2D eigenvalue weighted by atomic mass is 16.5. The summed E-state index contributed by atoms with van der Waals surface area (Å²) in [5.41, 5.74) is 0.896. The number of nitrogens with one attached hydrogen (secondary N) is 1. The maximum atomic E-state index is 5.10. The molecule has 0 aliphatic rings. The molecule has 5 nitrogen and oxygen atoms in total. The number of nitrogens with zero attached hydrogens (tertiary/aromatic N) is 2. The van der Waals surface area contributed by atoms with E-state index in [1.165, 1.54) is 0 Å². The molecule has 0 aliphatic heterocycles. The molecule has 0 saturated heterocycles. The average Bonchev–Trinajstić information content (AvgIpc) is 2.34. The van der Waals surface area contributed by atoms with Crippen LogP contribution >= 0.6 is 0 Å². The highest BCUT2D eigenvalue weighted by Gasteiger charge is 2.04. The summed E-state index contributed by atoms with van der Waals surface area (Å²) in [6.07, 6.45) is 1.78. The van der Waals surface area contributed by atoms with Gasteiger partial charge in [-0.15, -0.1) is 0 Å². The maximum Gasteiger partial charge on any atom is 0.133 e. The Morgan fingerprint density at radius 3 is 2.71 bits per heavy atom. The monoisotopic (exact) mass is 239 g/mol. The molecule has 0 saturated carbocycles. The van der Waals surface area contributed by atoms with Crippen molar-refractivity contribution in [2.24, 2.45) is 0 Å². The first-order chi connectivity index (χ1) is 8.30. The van der Waals surface area contributed by atoms with Gasteiger partial charge in [-0.3, -0.25) is 0 Å². The molecular formula is C12H21N3O2. The Kier molecular flexibility index (Phi) is 6.50. The van der Waals surface area contributed by atoms with E-state index in [-0.39, 0.29) is 0 Å². The predicted molar refractivity (Wildman–Crippen MR) is 67.1 cm³/mol. The van der Waals surface area contributed by atoms with E-state index in [1.54, 1.807) is 14.2 Å². The second-order valence-electron chi connectivity index (χ2n) is 3.76. The van der Waals surface area contributed by atoms with Gasteiger partial charge in [-0.05, 0) is 6.42 Å². The molecule has 1 N–H and O–H groups in total. The molecule has 0 unspecified atom stereocenters. The number of rotatable bonds is 8. The molecule has 5 heteroatoms.